The molecule has 7 heteroatoms. The quantitative estimate of drug-likeness (QED) is 0.868. The first-order valence-corrected chi connectivity index (χ1v) is 9.20. The van der Waals surface area contributed by atoms with E-state index < -0.39 is 10.0 Å². The molecule has 1 aliphatic heterocycles. The number of piperidine rings is 1. The minimum Gasteiger partial charge on any atom is -0.369 e. The average Bonchev–Trinajstić information content (AvgIpc) is 2.49. The summed E-state index contributed by atoms with van der Waals surface area (Å²) in [6.07, 6.45) is 1.74. The number of likely N-dealkylation sites (tertiary alicyclic amines) is 1. The number of sulfonamides is 1. The third-order valence-electron chi connectivity index (χ3n) is 4.48. The molecular weight excluding hydrogens is 314 g/mol. The molecule has 2 atom stereocenters. The van der Waals surface area contributed by atoms with Crippen LogP contribution in [0.3, 0.4) is 0 Å². The van der Waals surface area contributed by atoms with Crippen LogP contribution in [0.2, 0.25) is 0 Å². The second-order valence-corrected chi connectivity index (χ2v) is 8.54. The van der Waals surface area contributed by atoms with Gasteiger partial charge in [0.2, 0.25) is 15.9 Å². The highest BCUT2D eigenvalue weighted by atomic mass is 32.2. The molecule has 0 saturated carbocycles. The van der Waals surface area contributed by atoms with Gasteiger partial charge in [-0.15, -0.1) is 0 Å². The van der Waals surface area contributed by atoms with Crippen LogP contribution in [0.1, 0.15) is 25.3 Å². The van der Waals surface area contributed by atoms with Crippen molar-refractivity contribution in [3.05, 3.63) is 29.8 Å². The van der Waals surface area contributed by atoms with E-state index in [9.17, 15) is 13.2 Å². The zero-order valence-corrected chi connectivity index (χ0v) is 14.7. The summed E-state index contributed by atoms with van der Waals surface area (Å²) in [6.45, 7) is 3.36. The lowest BCUT2D eigenvalue weighted by Crippen LogP contribution is -2.45. The molecule has 128 valence electrons. The summed E-state index contributed by atoms with van der Waals surface area (Å²) in [5.41, 5.74) is 6.35. The number of hydrogen-bond donors (Lipinski definition) is 1. The molecule has 0 aliphatic carbocycles. The third kappa shape index (κ3) is 4.10. The number of rotatable bonds is 5. The summed E-state index contributed by atoms with van der Waals surface area (Å²) in [5, 5.41) is 0. The monoisotopic (exact) mass is 339 g/mol. The van der Waals surface area contributed by atoms with Gasteiger partial charge in [0, 0.05) is 33.2 Å². The van der Waals surface area contributed by atoms with E-state index in [1.807, 2.05) is 6.07 Å². The third-order valence-corrected chi connectivity index (χ3v) is 6.29. The maximum atomic E-state index is 12.2. The Labute approximate surface area is 138 Å². The van der Waals surface area contributed by atoms with Crippen LogP contribution in [0.15, 0.2) is 29.2 Å². The molecule has 0 bridgehead atoms. The van der Waals surface area contributed by atoms with Gasteiger partial charge in [0.1, 0.15) is 0 Å². The van der Waals surface area contributed by atoms with E-state index in [1.54, 1.807) is 18.2 Å². The van der Waals surface area contributed by atoms with Gasteiger partial charge in [0.25, 0.3) is 0 Å². The highest BCUT2D eigenvalue weighted by molar-refractivity contribution is 7.89. The molecule has 2 rings (SSSR count). The van der Waals surface area contributed by atoms with Gasteiger partial charge >= 0.3 is 0 Å². The molecule has 1 aliphatic rings. The van der Waals surface area contributed by atoms with Crippen LogP contribution in [0.5, 0.6) is 0 Å². The molecule has 6 nitrogen and oxygen atoms in total. The van der Waals surface area contributed by atoms with Gasteiger partial charge in [0.15, 0.2) is 0 Å². The van der Waals surface area contributed by atoms with E-state index in [1.165, 1.54) is 18.4 Å². The number of carbonyl (C=O) groups excluding carboxylic acids is 1. The van der Waals surface area contributed by atoms with Crippen LogP contribution in [-0.4, -0.2) is 50.2 Å². The fourth-order valence-electron chi connectivity index (χ4n) is 2.88. The standard InChI is InChI=1S/C16H25N3O3S/c1-12-7-8-14(16(17)20)11-19(12)10-13-5-4-6-15(9-13)23(21,22)18(2)3/h4-6,9,12,14H,7-8,10-11H2,1-3H3,(H2,17,20)/t12-,14+/m0/s1. The Morgan fingerprint density at radius 2 is 2.04 bits per heavy atom. The number of benzene rings is 1. The van der Waals surface area contributed by atoms with Crippen molar-refractivity contribution < 1.29 is 13.2 Å². The van der Waals surface area contributed by atoms with Crippen molar-refractivity contribution in [2.45, 2.75) is 37.2 Å². The van der Waals surface area contributed by atoms with Gasteiger partial charge in [-0.2, -0.15) is 0 Å². The Kier molecular flexibility index (Phi) is 5.44. The Hall–Kier alpha value is -1.44. The van der Waals surface area contributed by atoms with Crippen molar-refractivity contribution in [2.24, 2.45) is 11.7 Å². The Bertz CT molecular complexity index is 673. The second-order valence-electron chi connectivity index (χ2n) is 6.39. The van der Waals surface area contributed by atoms with E-state index in [2.05, 4.69) is 11.8 Å². The fourth-order valence-corrected chi connectivity index (χ4v) is 3.85. The molecule has 1 fully saturated rings. The molecular formula is C16H25N3O3S. The number of amides is 1. The van der Waals surface area contributed by atoms with Crippen molar-refractivity contribution >= 4 is 15.9 Å². The highest BCUT2D eigenvalue weighted by Crippen LogP contribution is 2.24. The molecule has 0 radical (unpaired) electrons. The largest absolute Gasteiger partial charge is 0.369 e. The number of primary amides is 1. The van der Waals surface area contributed by atoms with Crippen molar-refractivity contribution in [1.29, 1.82) is 0 Å². The fraction of sp³-hybridized carbons (Fsp3) is 0.562. The van der Waals surface area contributed by atoms with E-state index in [0.717, 1.165) is 18.4 Å². The molecule has 1 heterocycles. The van der Waals surface area contributed by atoms with Gasteiger partial charge in [-0.05, 0) is 37.5 Å². The van der Waals surface area contributed by atoms with Crippen molar-refractivity contribution in [1.82, 2.24) is 9.21 Å². The zero-order valence-electron chi connectivity index (χ0n) is 13.9. The Balaban J connectivity index is 2.18. The number of hydrogen-bond acceptors (Lipinski definition) is 4. The van der Waals surface area contributed by atoms with Crippen LogP contribution in [0.25, 0.3) is 0 Å². The molecule has 0 aromatic heterocycles. The van der Waals surface area contributed by atoms with E-state index in [4.69, 9.17) is 5.73 Å². The lowest BCUT2D eigenvalue weighted by Gasteiger charge is -2.36. The van der Waals surface area contributed by atoms with Crippen LogP contribution < -0.4 is 5.73 Å². The lowest BCUT2D eigenvalue weighted by molar-refractivity contribution is -0.124. The first-order valence-electron chi connectivity index (χ1n) is 7.76. The summed E-state index contributed by atoms with van der Waals surface area (Å²) in [7, 11) is -0.397. The van der Waals surface area contributed by atoms with E-state index in [0.29, 0.717) is 19.1 Å². The molecule has 0 unspecified atom stereocenters. The lowest BCUT2D eigenvalue weighted by atomic mass is 9.92. The summed E-state index contributed by atoms with van der Waals surface area (Å²) in [5.74, 6) is -0.384. The van der Waals surface area contributed by atoms with Crippen LogP contribution in [-0.2, 0) is 21.4 Å². The van der Waals surface area contributed by atoms with Gasteiger partial charge in [-0.3, -0.25) is 9.69 Å². The Morgan fingerprint density at radius 3 is 2.65 bits per heavy atom. The van der Waals surface area contributed by atoms with Crippen LogP contribution in [0, 0.1) is 5.92 Å². The summed E-state index contributed by atoms with van der Waals surface area (Å²) < 4.78 is 25.7. The molecule has 1 saturated heterocycles. The molecule has 2 N–H and O–H groups in total. The van der Waals surface area contributed by atoms with Gasteiger partial charge < -0.3 is 5.73 Å². The van der Waals surface area contributed by atoms with E-state index in [-0.39, 0.29) is 16.7 Å². The maximum Gasteiger partial charge on any atom is 0.242 e. The van der Waals surface area contributed by atoms with Crippen molar-refractivity contribution in [2.75, 3.05) is 20.6 Å². The predicted molar refractivity (Wildman–Crippen MR) is 89.1 cm³/mol. The summed E-state index contributed by atoms with van der Waals surface area (Å²) in [4.78, 5) is 13.9. The SMILES string of the molecule is C[C@H]1CC[C@@H](C(N)=O)CN1Cc1cccc(S(=O)(=O)N(C)C)c1. The maximum absolute atomic E-state index is 12.2. The smallest absolute Gasteiger partial charge is 0.242 e. The van der Waals surface area contributed by atoms with Gasteiger partial charge in [-0.1, -0.05) is 12.1 Å². The van der Waals surface area contributed by atoms with Crippen LogP contribution >= 0.6 is 0 Å². The number of carbonyl (C=O) groups is 1. The normalized spacial score (nSPS) is 23.1. The number of nitrogens with two attached hydrogens (primary N) is 1. The first kappa shape index (κ1) is 17.9. The molecule has 1 aromatic rings. The number of nitrogens with zero attached hydrogens (tertiary/aromatic N) is 2. The molecule has 23 heavy (non-hydrogen) atoms. The highest BCUT2D eigenvalue weighted by Gasteiger charge is 2.28. The topological polar surface area (TPSA) is 83.7 Å². The van der Waals surface area contributed by atoms with Crippen molar-refractivity contribution in [3.8, 4) is 0 Å². The van der Waals surface area contributed by atoms with Crippen molar-refractivity contribution in [3.63, 3.8) is 0 Å². The van der Waals surface area contributed by atoms with E-state index >= 15 is 0 Å². The van der Waals surface area contributed by atoms with Gasteiger partial charge in [0.05, 0.1) is 10.8 Å². The summed E-state index contributed by atoms with van der Waals surface area (Å²) in [6, 6.07) is 7.32. The second kappa shape index (κ2) is 6.98. The molecule has 0 spiro atoms. The Morgan fingerprint density at radius 1 is 1.35 bits per heavy atom. The minimum absolute atomic E-state index is 0.125. The first-order chi connectivity index (χ1) is 10.7. The minimum atomic E-state index is -3.44. The predicted octanol–water partition coefficient (Wildman–Crippen LogP) is 1.02. The molecule has 1 amide bonds. The summed E-state index contributed by atoms with van der Waals surface area (Å²) >= 11 is 0. The van der Waals surface area contributed by atoms with Crippen LogP contribution in [0.4, 0.5) is 0 Å². The average molecular weight is 339 g/mol. The zero-order chi connectivity index (χ0) is 17.2. The van der Waals surface area contributed by atoms with Gasteiger partial charge in [-0.25, -0.2) is 12.7 Å². The molecule has 1 aromatic carbocycles.